The average molecular weight is 359 g/mol. The molecule has 0 saturated carbocycles. The smallest absolute Gasteiger partial charge is 0.194 e. The van der Waals surface area contributed by atoms with Crippen LogP contribution in [0.3, 0.4) is 0 Å². The molecule has 1 aliphatic rings. The zero-order valence-corrected chi connectivity index (χ0v) is 13.7. The first kappa shape index (κ1) is 13.0. The summed E-state index contributed by atoms with van der Waals surface area (Å²) in [6, 6.07) is 22.5. The van der Waals surface area contributed by atoms with Gasteiger partial charge in [0.1, 0.15) is 0 Å². The first-order valence-electron chi connectivity index (χ1n) is 7.54. The minimum Gasteiger partial charge on any atom is -0.289 e. The van der Waals surface area contributed by atoms with Gasteiger partial charge in [-0.2, -0.15) is 0 Å². The van der Waals surface area contributed by atoms with Crippen LogP contribution < -0.4 is 0 Å². The van der Waals surface area contributed by atoms with Crippen LogP contribution in [0.1, 0.15) is 15.9 Å². The van der Waals surface area contributed by atoms with Crippen molar-refractivity contribution in [3.8, 4) is 11.1 Å². The lowest BCUT2D eigenvalue weighted by Crippen LogP contribution is -1.95. The Morgan fingerprint density at radius 2 is 1.30 bits per heavy atom. The Morgan fingerprint density at radius 3 is 2.13 bits per heavy atom. The molecule has 108 valence electrons. The number of benzene rings is 4. The molecule has 0 unspecified atom stereocenters. The quantitative estimate of drug-likeness (QED) is 0.333. The number of carbonyl (C=O) groups is 1. The molecular weight excluding hydrogens is 348 g/mol. The van der Waals surface area contributed by atoms with Gasteiger partial charge in [-0.25, -0.2) is 0 Å². The predicted molar refractivity (Wildman–Crippen MR) is 98.0 cm³/mol. The molecule has 0 bridgehead atoms. The van der Waals surface area contributed by atoms with Crippen LogP contribution in [0.15, 0.2) is 71.2 Å². The van der Waals surface area contributed by atoms with Crippen LogP contribution >= 0.6 is 15.9 Å². The number of carbonyl (C=O) groups excluding carboxylic acids is 1. The number of halogens is 1. The van der Waals surface area contributed by atoms with Gasteiger partial charge >= 0.3 is 0 Å². The molecule has 0 amide bonds. The Balaban J connectivity index is 2.06. The van der Waals surface area contributed by atoms with Crippen molar-refractivity contribution in [2.75, 3.05) is 0 Å². The predicted octanol–water partition coefficient (Wildman–Crippen LogP) is 5.97. The molecule has 0 heterocycles. The maximum Gasteiger partial charge on any atom is 0.194 e. The monoisotopic (exact) mass is 358 g/mol. The van der Waals surface area contributed by atoms with Crippen molar-refractivity contribution in [1.82, 2.24) is 0 Å². The Labute approximate surface area is 141 Å². The first-order valence-corrected chi connectivity index (χ1v) is 8.33. The van der Waals surface area contributed by atoms with Gasteiger partial charge in [0.25, 0.3) is 0 Å². The van der Waals surface area contributed by atoms with Gasteiger partial charge in [0.15, 0.2) is 5.78 Å². The molecular formula is C21H11BrO. The van der Waals surface area contributed by atoms with Gasteiger partial charge in [-0.15, -0.1) is 0 Å². The summed E-state index contributed by atoms with van der Waals surface area (Å²) in [7, 11) is 0. The van der Waals surface area contributed by atoms with E-state index in [-0.39, 0.29) is 5.78 Å². The molecule has 0 saturated heterocycles. The van der Waals surface area contributed by atoms with E-state index >= 15 is 0 Å². The molecule has 1 aliphatic carbocycles. The lowest BCUT2D eigenvalue weighted by molar-refractivity contribution is 0.104. The fourth-order valence-corrected chi connectivity index (χ4v) is 4.23. The number of fused-ring (bicyclic) bond motifs is 7. The largest absolute Gasteiger partial charge is 0.289 e. The van der Waals surface area contributed by atoms with Crippen LogP contribution in [0.5, 0.6) is 0 Å². The minimum atomic E-state index is 0.118. The van der Waals surface area contributed by atoms with Gasteiger partial charge in [0.05, 0.1) is 0 Å². The second-order valence-corrected chi connectivity index (χ2v) is 6.72. The highest BCUT2D eigenvalue weighted by Crippen LogP contribution is 2.46. The van der Waals surface area contributed by atoms with Crippen molar-refractivity contribution in [3.63, 3.8) is 0 Å². The highest BCUT2D eigenvalue weighted by atomic mass is 79.9. The summed E-state index contributed by atoms with van der Waals surface area (Å²) in [4.78, 5) is 12.9. The number of ketones is 1. The summed E-state index contributed by atoms with van der Waals surface area (Å²) in [5.41, 5.74) is 3.75. The van der Waals surface area contributed by atoms with E-state index < -0.39 is 0 Å². The standard InChI is InChI=1S/C21H11BrO/c22-18-11-17-20(15-8-4-3-7-14(15)18)19-13-6-2-1-5-12(13)9-10-16(19)21(17)23/h1-11H. The molecule has 0 aliphatic heterocycles. The van der Waals surface area contributed by atoms with Gasteiger partial charge in [0.2, 0.25) is 0 Å². The fourth-order valence-electron chi connectivity index (χ4n) is 3.65. The highest BCUT2D eigenvalue weighted by molar-refractivity contribution is 9.10. The Morgan fingerprint density at radius 1 is 0.652 bits per heavy atom. The van der Waals surface area contributed by atoms with Crippen molar-refractivity contribution in [3.05, 3.63) is 82.3 Å². The van der Waals surface area contributed by atoms with Gasteiger partial charge in [0, 0.05) is 26.7 Å². The van der Waals surface area contributed by atoms with Crippen molar-refractivity contribution in [2.45, 2.75) is 0 Å². The molecule has 0 radical (unpaired) electrons. The van der Waals surface area contributed by atoms with Crippen LogP contribution in [-0.2, 0) is 0 Å². The second kappa shape index (κ2) is 4.53. The van der Waals surface area contributed by atoms with E-state index in [1.54, 1.807) is 0 Å². The fraction of sp³-hybridized carbons (Fsp3) is 0. The molecule has 0 atom stereocenters. The lowest BCUT2D eigenvalue weighted by Gasteiger charge is -2.10. The summed E-state index contributed by atoms with van der Waals surface area (Å²) in [5.74, 6) is 0.118. The molecule has 0 aromatic heterocycles. The van der Waals surface area contributed by atoms with E-state index in [2.05, 4.69) is 40.2 Å². The van der Waals surface area contributed by atoms with Gasteiger partial charge in [-0.3, -0.25) is 4.79 Å². The summed E-state index contributed by atoms with van der Waals surface area (Å²) < 4.78 is 0.970. The van der Waals surface area contributed by atoms with Crippen LogP contribution in [0.25, 0.3) is 32.7 Å². The number of hydrogen-bond acceptors (Lipinski definition) is 1. The van der Waals surface area contributed by atoms with Gasteiger partial charge in [-0.05, 0) is 33.7 Å². The summed E-state index contributed by atoms with van der Waals surface area (Å²) in [6.07, 6.45) is 0. The van der Waals surface area contributed by atoms with Gasteiger partial charge in [-0.1, -0.05) is 70.5 Å². The van der Waals surface area contributed by atoms with Crippen LogP contribution in [0.4, 0.5) is 0 Å². The minimum absolute atomic E-state index is 0.118. The lowest BCUT2D eigenvalue weighted by atomic mass is 9.94. The maximum atomic E-state index is 12.9. The Hall–Kier alpha value is -2.45. The van der Waals surface area contributed by atoms with Crippen molar-refractivity contribution >= 4 is 43.3 Å². The molecule has 23 heavy (non-hydrogen) atoms. The van der Waals surface area contributed by atoms with Gasteiger partial charge < -0.3 is 0 Å². The van der Waals surface area contributed by atoms with Crippen molar-refractivity contribution in [2.24, 2.45) is 0 Å². The molecule has 0 spiro atoms. The van der Waals surface area contributed by atoms with Crippen molar-refractivity contribution < 1.29 is 4.79 Å². The first-order chi connectivity index (χ1) is 11.3. The van der Waals surface area contributed by atoms with Crippen LogP contribution in [0, 0.1) is 0 Å². The average Bonchev–Trinajstić information content (AvgIpc) is 2.88. The molecule has 0 fully saturated rings. The maximum absolute atomic E-state index is 12.9. The van der Waals surface area contributed by atoms with E-state index in [0.29, 0.717) is 0 Å². The Kier molecular flexibility index (Phi) is 2.56. The summed E-state index contributed by atoms with van der Waals surface area (Å²) >= 11 is 3.62. The number of hydrogen-bond donors (Lipinski definition) is 0. The normalized spacial score (nSPS) is 12.7. The van der Waals surface area contributed by atoms with E-state index in [4.69, 9.17) is 0 Å². The highest BCUT2D eigenvalue weighted by Gasteiger charge is 2.30. The van der Waals surface area contributed by atoms with E-state index in [9.17, 15) is 4.79 Å². The molecule has 4 aromatic rings. The zero-order valence-electron chi connectivity index (χ0n) is 12.1. The third kappa shape index (κ3) is 1.64. The molecule has 5 rings (SSSR count). The Bertz CT molecular complexity index is 1140. The second-order valence-electron chi connectivity index (χ2n) is 5.86. The van der Waals surface area contributed by atoms with E-state index in [0.717, 1.165) is 42.9 Å². The molecule has 2 heteroatoms. The SMILES string of the molecule is O=C1c2ccc3ccccc3c2-c2c1cc(Br)c1ccccc21. The van der Waals surface area contributed by atoms with Crippen LogP contribution in [0.2, 0.25) is 0 Å². The summed E-state index contributed by atoms with van der Waals surface area (Å²) in [6.45, 7) is 0. The molecule has 0 N–H and O–H groups in total. The van der Waals surface area contributed by atoms with E-state index in [1.807, 2.05) is 42.5 Å². The third-order valence-corrected chi connectivity index (χ3v) is 5.32. The van der Waals surface area contributed by atoms with E-state index in [1.165, 1.54) is 5.39 Å². The topological polar surface area (TPSA) is 17.1 Å². The molecule has 1 nitrogen and oxygen atoms in total. The third-order valence-electron chi connectivity index (χ3n) is 4.66. The number of rotatable bonds is 0. The van der Waals surface area contributed by atoms with Crippen molar-refractivity contribution in [1.29, 1.82) is 0 Å². The van der Waals surface area contributed by atoms with Crippen LogP contribution in [-0.4, -0.2) is 5.78 Å². The summed E-state index contributed by atoms with van der Waals surface area (Å²) in [5, 5.41) is 4.57. The zero-order chi connectivity index (χ0) is 15.6. The molecule has 4 aromatic carbocycles.